The van der Waals surface area contributed by atoms with Gasteiger partial charge in [-0.2, -0.15) is 0 Å². The highest BCUT2D eigenvalue weighted by Crippen LogP contribution is 2.35. The Morgan fingerprint density at radius 2 is 1.72 bits per heavy atom. The van der Waals surface area contributed by atoms with Crippen molar-refractivity contribution < 1.29 is 9.53 Å². The number of benzene rings is 1. The molecule has 2 aliphatic rings. The van der Waals surface area contributed by atoms with Crippen LogP contribution in [-0.2, 0) is 4.74 Å². The largest absolute Gasteiger partial charge is 0.378 e. The fraction of sp³-hybridized carbons (Fsp3) is 0.455. The van der Waals surface area contributed by atoms with Crippen LogP contribution in [0.5, 0.6) is 0 Å². The molecule has 0 spiro atoms. The zero-order valence-electron chi connectivity index (χ0n) is 16.4. The predicted molar refractivity (Wildman–Crippen MR) is 117 cm³/mol. The van der Waals surface area contributed by atoms with E-state index >= 15 is 0 Å². The first kappa shape index (κ1) is 20.5. The van der Waals surface area contributed by atoms with Gasteiger partial charge in [-0.15, -0.1) is 0 Å². The van der Waals surface area contributed by atoms with Gasteiger partial charge in [-0.3, -0.25) is 4.79 Å². The maximum absolute atomic E-state index is 13.4. The molecule has 2 aliphatic heterocycles. The molecule has 3 heterocycles. The van der Waals surface area contributed by atoms with Gasteiger partial charge in [0.1, 0.15) is 5.82 Å². The number of pyridine rings is 1. The lowest BCUT2D eigenvalue weighted by molar-refractivity contribution is 0.0303. The van der Waals surface area contributed by atoms with Crippen molar-refractivity contribution in [3.05, 3.63) is 46.1 Å². The Morgan fingerprint density at radius 3 is 2.45 bits per heavy atom. The molecule has 29 heavy (non-hydrogen) atoms. The molecule has 0 bridgehead atoms. The number of amides is 1. The Hall–Kier alpha value is -1.82. The van der Waals surface area contributed by atoms with Gasteiger partial charge in [0, 0.05) is 43.5 Å². The molecule has 0 aliphatic carbocycles. The number of anilines is 1. The Morgan fingerprint density at radius 1 is 1.00 bits per heavy atom. The van der Waals surface area contributed by atoms with Gasteiger partial charge >= 0.3 is 0 Å². The molecule has 0 radical (unpaired) electrons. The van der Waals surface area contributed by atoms with Crippen LogP contribution in [0.15, 0.2) is 30.5 Å². The third-order valence-electron chi connectivity index (χ3n) is 5.56. The van der Waals surface area contributed by atoms with E-state index in [0.29, 0.717) is 41.9 Å². The van der Waals surface area contributed by atoms with Crippen LogP contribution in [0.25, 0.3) is 11.1 Å². The topological polar surface area (TPSA) is 45.7 Å². The summed E-state index contributed by atoms with van der Waals surface area (Å²) in [6, 6.07) is 7.43. The van der Waals surface area contributed by atoms with E-state index in [-0.39, 0.29) is 5.91 Å². The summed E-state index contributed by atoms with van der Waals surface area (Å²) in [7, 11) is 0. The maximum atomic E-state index is 13.4. The van der Waals surface area contributed by atoms with Crippen molar-refractivity contribution in [2.75, 3.05) is 44.3 Å². The van der Waals surface area contributed by atoms with Crippen molar-refractivity contribution in [2.45, 2.75) is 25.7 Å². The van der Waals surface area contributed by atoms with E-state index in [1.54, 1.807) is 12.3 Å². The standard InChI is InChI=1S/C22H25Cl2N3O2/c23-19-7-5-6-17(20(19)24)16-14-18(22(28)27-10-12-29-13-11-27)21(25-15-16)26-8-3-1-2-4-9-26/h5-7,14-15H,1-4,8-13H2. The SMILES string of the molecule is O=C(c1cc(-c2cccc(Cl)c2Cl)cnc1N1CCCCCC1)N1CCOCC1. The van der Waals surface area contributed by atoms with Crippen LogP contribution in [-0.4, -0.2) is 55.2 Å². The van der Waals surface area contributed by atoms with Crippen molar-refractivity contribution in [3.8, 4) is 11.1 Å². The van der Waals surface area contributed by atoms with Crippen LogP contribution in [0, 0.1) is 0 Å². The molecule has 2 saturated heterocycles. The van der Waals surface area contributed by atoms with Crippen LogP contribution in [0.2, 0.25) is 10.0 Å². The number of carbonyl (C=O) groups is 1. The summed E-state index contributed by atoms with van der Waals surface area (Å²) in [5, 5.41) is 0.963. The Kier molecular flexibility index (Phi) is 6.58. The monoisotopic (exact) mass is 433 g/mol. The molecule has 1 aromatic carbocycles. The molecule has 1 amide bonds. The number of aromatic nitrogens is 1. The molecule has 0 unspecified atom stereocenters. The van der Waals surface area contributed by atoms with Crippen LogP contribution >= 0.6 is 23.2 Å². The average Bonchev–Trinajstić information content (AvgIpc) is 3.05. The zero-order chi connectivity index (χ0) is 20.2. The van der Waals surface area contributed by atoms with Gasteiger partial charge in [-0.05, 0) is 25.0 Å². The maximum Gasteiger partial charge on any atom is 0.257 e. The number of halogens is 2. The highest BCUT2D eigenvalue weighted by atomic mass is 35.5. The molecular weight excluding hydrogens is 409 g/mol. The number of carbonyl (C=O) groups excluding carboxylic acids is 1. The summed E-state index contributed by atoms with van der Waals surface area (Å²) in [5.74, 6) is 0.769. The lowest BCUT2D eigenvalue weighted by Gasteiger charge is -2.30. The molecule has 0 saturated carbocycles. The van der Waals surface area contributed by atoms with Crippen molar-refractivity contribution in [3.63, 3.8) is 0 Å². The second-order valence-electron chi connectivity index (χ2n) is 7.50. The molecular formula is C22H25Cl2N3O2. The van der Waals surface area contributed by atoms with Gasteiger partial charge in [0.25, 0.3) is 5.91 Å². The molecule has 154 valence electrons. The highest BCUT2D eigenvalue weighted by Gasteiger charge is 2.26. The second-order valence-corrected chi connectivity index (χ2v) is 8.29. The summed E-state index contributed by atoms with van der Waals surface area (Å²) in [6.07, 6.45) is 6.48. The molecule has 1 aromatic heterocycles. The fourth-order valence-electron chi connectivity index (χ4n) is 3.96. The summed E-state index contributed by atoms with van der Waals surface area (Å²) in [5.41, 5.74) is 2.21. The van der Waals surface area contributed by atoms with E-state index in [0.717, 1.165) is 42.9 Å². The molecule has 0 N–H and O–H groups in total. The van der Waals surface area contributed by atoms with Crippen molar-refractivity contribution in [1.29, 1.82) is 0 Å². The van der Waals surface area contributed by atoms with E-state index in [9.17, 15) is 4.79 Å². The van der Waals surface area contributed by atoms with Gasteiger partial charge in [0.15, 0.2) is 0 Å². The van der Waals surface area contributed by atoms with Crippen molar-refractivity contribution >= 4 is 34.9 Å². The van der Waals surface area contributed by atoms with Crippen LogP contribution in [0.1, 0.15) is 36.0 Å². The average molecular weight is 434 g/mol. The van der Waals surface area contributed by atoms with E-state index in [1.807, 2.05) is 23.1 Å². The minimum absolute atomic E-state index is 0.0000439. The molecule has 4 rings (SSSR count). The molecule has 5 nitrogen and oxygen atoms in total. The van der Waals surface area contributed by atoms with E-state index in [1.165, 1.54) is 12.8 Å². The fourth-order valence-corrected chi connectivity index (χ4v) is 4.37. The lowest BCUT2D eigenvalue weighted by atomic mass is 10.0. The number of hydrogen-bond donors (Lipinski definition) is 0. The first-order valence-electron chi connectivity index (χ1n) is 10.2. The Balaban J connectivity index is 1.76. The van der Waals surface area contributed by atoms with Crippen molar-refractivity contribution in [1.82, 2.24) is 9.88 Å². The van der Waals surface area contributed by atoms with E-state index < -0.39 is 0 Å². The number of ether oxygens (including phenoxy) is 1. The van der Waals surface area contributed by atoms with Crippen molar-refractivity contribution in [2.24, 2.45) is 0 Å². The summed E-state index contributed by atoms with van der Waals surface area (Å²) in [6.45, 7) is 4.18. The number of rotatable bonds is 3. The predicted octanol–water partition coefficient (Wildman–Crippen LogP) is 4.91. The minimum Gasteiger partial charge on any atom is -0.378 e. The summed E-state index contributed by atoms with van der Waals surface area (Å²) >= 11 is 12.6. The van der Waals surface area contributed by atoms with E-state index in [2.05, 4.69) is 4.90 Å². The van der Waals surface area contributed by atoms with Gasteiger partial charge in [-0.1, -0.05) is 48.2 Å². The summed E-state index contributed by atoms with van der Waals surface area (Å²) < 4.78 is 5.42. The molecule has 2 fully saturated rings. The normalized spacial score (nSPS) is 17.9. The first-order chi connectivity index (χ1) is 14.1. The smallest absolute Gasteiger partial charge is 0.257 e. The zero-order valence-corrected chi connectivity index (χ0v) is 17.9. The van der Waals surface area contributed by atoms with Gasteiger partial charge < -0.3 is 14.5 Å². The Bertz CT molecular complexity index is 876. The third kappa shape index (κ3) is 4.52. The molecule has 0 atom stereocenters. The van der Waals surface area contributed by atoms with Gasteiger partial charge in [0.2, 0.25) is 0 Å². The lowest BCUT2D eigenvalue weighted by Crippen LogP contribution is -2.41. The highest BCUT2D eigenvalue weighted by molar-refractivity contribution is 6.43. The van der Waals surface area contributed by atoms with Crippen LogP contribution in [0.4, 0.5) is 5.82 Å². The summed E-state index contributed by atoms with van der Waals surface area (Å²) in [4.78, 5) is 22.3. The Labute approximate surface area is 181 Å². The first-order valence-corrected chi connectivity index (χ1v) is 11.0. The molecule has 7 heteroatoms. The third-order valence-corrected chi connectivity index (χ3v) is 6.38. The van der Waals surface area contributed by atoms with Crippen LogP contribution in [0.3, 0.4) is 0 Å². The molecule has 2 aromatic rings. The van der Waals surface area contributed by atoms with Gasteiger partial charge in [0.05, 0.1) is 28.8 Å². The number of morpholine rings is 1. The number of nitrogens with zero attached hydrogens (tertiary/aromatic N) is 3. The minimum atomic E-state index is 0.0000439. The second kappa shape index (κ2) is 9.33. The van der Waals surface area contributed by atoms with Gasteiger partial charge in [-0.25, -0.2) is 4.98 Å². The van der Waals surface area contributed by atoms with Crippen LogP contribution < -0.4 is 4.90 Å². The number of hydrogen-bond acceptors (Lipinski definition) is 4. The van der Waals surface area contributed by atoms with E-state index in [4.69, 9.17) is 32.9 Å². The quantitative estimate of drug-likeness (QED) is 0.689.